The molecule has 0 aliphatic heterocycles. The molecule has 0 radical (unpaired) electrons. The Labute approximate surface area is 154 Å². The van der Waals surface area contributed by atoms with Gasteiger partial charge in [0.25, 0.3) is 0 Å². The monoisotopic (exact) mass is 395 g/mol. The molecular weight excluding hydrogens is 365 g/mol. The Balaban J connectivity index is 0. The highest BCUT2D eigenvalue weighted by Gasteiger charge is 2.07. The number of phosphoric acid groups is 1. The first kappa shape index (κ1) is 26.7. The zero-order valence-electron chi connectivity index (χ0n) is 15.3. The van der Waals surface area contributed by atoms with Gasteiger partial charge in [0.05, 0.1) is 12.2 Å². The minimum absolute atomic E-state index is 0.0874. The van der Waals surface area contributed by atoms with Crippen molar-refractivity contribution in [3.63, 3.8) is 0 Å². The van der Waals surface area contributed by atoms with E-state index in [-0.39, 0.29) is 24.1 Å². The van der Waals surface area contributed by atoms with Crippen LogP contribution in [0.1, 0.15) is 39.5 Å². The second-order valence-corrected chi connectivity index (χ2v) is 6.48. The van der Waals surface area contributed by atoms with Crippen LogP contribution in [0.4, 0.5) is 0 Å². The zero-order valence-corrected chi connectivity index (χ0v) is 16.2. The molecule has 10 heteroatoms. The van der Waals surface area contributed by atoms with E-state index in [4.69, 9.17) is 28.7 Å². The normalized spacial score (nSPS) is 12.8. The second-order valence-electron chi connectivity index (χ2n) is 5.45. The molecule has 0 aliphatic rings. The van der Waals surface area contributed by atoms with E-state index >= 15 is 0 Å². The number of hydrogen-bond donors (Lipinski definition) is 4. The average molecular weight is 395 g/mol. The van der Waals surface area contributed by atoms with Gasteiger partial charge >= 0.3 is 19.8 Å². The van der Waals surface area contributed by atoms with Crippen molar-refractivity contribution >= 4 is 19.8 Å². The first-order valence-corrected chi connectivity index (χ1v) is 9.71. The van der Waals surface area contributed by atoms with Crippen molar-refractivity contribution in [3.8, 4) is 0 Å². The third-order valence-corrected chi connectivity index (χ3v) is 2.90. The van der Waals surface area contributed by atoms with Crippen molar-refractivity contribution < 1.29 is 38.3 Å². The van der Waals surface area contributed by atoms with E-state index in [9.17, 15) is 9.59 Å². The molecule has 26 heavy (non-hydrogen) atoms. The number of hydrogen-bond acceptors (Lipinski definition) is 6. The Morgan fingerprint density at radius 3 is 1.54 bits per heavy atom. The molecule has 0 rings (SSSR count). The number of carbonyl (C=O) groups excluding carboxylic acids is 2. The molecule has 0 saturated heterocycles. The maximum absolute atomic E-state index is 11.0. The maximum Gasteiger partial charge on any atom is 0.466 e. The Morgan fingerprint density at radius 1 is 0.962 bits per heavy atom. The summed E-state index contributed by atoms with van der Waals surface area (Å²) in [6.07, 6.45) is 5.69. The summed E-state index contributed by atoms with van der Waals surface area (Å²) in [7, 11) is -4.64. The molecule has 0 spiro atoms. The van der Waals surface area contributed by atoms with Crippen molar-refractivity contribution in [1.29, 1.82) is 0 Å². The molecule has 0 aliphatic carbocycles. The Morgan fingerprint density at radius 2 is 1.27 bits per heavy atom. The van der Waals surface area contributed by atoms with Crippen molar-refractivity contribution in [1.82, 2.24) is 5.32 Å². The van der Waals surface area contributed by atoms with Gasteiger partial charge in [-0.25, -0.2) is 14.2 Å². The first-order valence-electron chi connectivity index (χ1n) is 8.14. The summed E-state index contributed by atoms with van der Waals surface area (Å²) in [5.74, 6) is -0.753. The standard InChI is InChI=1S/C16H27NO4.H3O4P/c1-5-15(18)20-13(3)9-7-11-17-12-8-10-14(4)21-16(19)6-2;1-5(2,3)4/h5-6,13-14,17H,1-2,7-12H2,3-4H3;(H3,1,2,3,4). The van der Waals surface area contributed by atoms with Crippen molar-refractivity contribution in [2.45, 2.75) is 51.7 Å². The molecular formula is C16H30NO8P. The summed E-state index contributed by atoms with van der Waals surface area (Å²) < 4.78 is 19.0. The van der Waals surface area contributed by atoms with Crippen LogP contribution in [0.2, 0.25) is 0 Å². The molecule has 2 atom stereocenters. The number of esters is 2. The molecule has 2 unspecified atom stereocenters. The van der Waals surface area contributed by atoms with Crippen LogP contribution in [0, 0.1) is 0 Å². The lowest BCUT2D eigenvalue weighted by molar-refractivity contribution is -0.143. The van der Waals surface area contributed by atoms with Gasteiger partial charge in [-0.05, 0) is 52.6 Å². The Bertz CT molecular complexity index is 437. The Hall–Kier alpha value is -1.51. The Kier molecular flexibility index (Phi) is 16.2. The number of ether oxygens (including phenoxy) is 2. The van der Waals surface area contributed by atoms with E-state index in [1.807, 2.05) is 13.8 Å². The zero-order chi connectivity index (χ0) is 20.6. The number of rotatable bonds is 12. The predicted molar refractivity (Wildman–Crippen MR) is 97.1 cm³/mol. The lowest BCUT2D eigenvalue weighted by Gasteiger charge is -2.13. The van der Waals surface area contributed by atoms with Crippen molar-refractivity contribution in [3.05, 3.63) is 25.3 Å². The summed E-state index contributed by atoms with van der Waals surface area (Å²) in [5, 5.41) is 3.31. The van der Waals surface area contributed by atoms with Gasteiger partial charge < -0.3 is 29.5 Å². The van der Waals surface area contributed by atoms with Crippen LogP contribution in [-0.2, 0) is 23.6 Å². The average Bonchev–Trinajstić information content (AvgIpc) is 2.51. The summed E-state index contributed by atoms with van der Waals surface area (Å²) >= 11 is 0. The topological polar surface area (TPSA) is 142 Å². The molecule has 0 bridgehead atoms. The predicted octanol–water partition coefficient (Wildman–Crippen LogP) is 1.44. The van der Waals surface area contributed by atoms with Gasteiger partial charge in [-0.15, -0.1) is 0 Å². The third kappa shape index (κ3) is 24.7. The van der Waals surface area contributed by atoms with E-state index in [1.165, 1.54) is 12.2 Å². The summed E-state index contributed by atoms with van der Waals surface area (Å²) in [6.45, 7) is 12.2. The summed E-state index contributed by atoms with van der Waals surface area (Å²) in [5.41, 5.74) is 0. The number of nitrogens with one attached hydrogen (secondary N) is 1. The molecule has 0 fully saturated rings. The third-order valence-electron chi connectivity index (χ3n) is 2.90. The summed E-state index contributed by atoms with van der Waals surface area (Å²) in [4.78, 5) is 43.5. The maximum atomic E-state index is 11.0. The first-order chi connectivity index (χ1) is 12.0. The van der Waals surface area contributed by atoms with Crippen LogP contribution in [-0.4, -0.2) is 51.9 Å². The van der Waals surface area contributed by atoms with Gasteiger partial charge in [-0.1, -0.05) is 13.2 Å². The van der Waals surface area contributed by atoms with E-state index in [0.29, 0.717) is 0 Å². The van der Waals surface area contributed by atoms with Gasteiger partial charge in [0.2, 0.25) is 0 Å². The van der Waals surface area contributed by atoms with Gasteiger partial charge in [0.15, 0.2) is 0 Å². The minimum Gasteiger partial charge on any atom is -0.460 e. The molecule has 0 aromatic rings. The van der Waals surface area contributed by atoms with Crippen LogP contribution in [0.15, 0.2) is 25.3 Å². The summed E-state index contributed by atoms with van der Waals surface area (Å²) in [6, 6.07) is 0. The largest absolute Gasteiger partial charge is 0.466 e. The van der Waals surface area contributed by atoms with E-state index in [2.05, 4.69) is 18.5 Å². The molecule has 9 nitrogen and oxygen atoms in total. The molecule has 0 aromatic heterocycles. The van der Waals surface area contributed by atoms with Gasteiger partial charge in [-0.3, -0.25) is 0 Å². The molecule has 152 valence electrons. The molecule has 0 aromatic carbocycles. The molecule has 0 heterocycles. The minimum atomic E-state index is -4.64. The van der Waals surface area contributed by atoms with Crippen LogP contribution in [0.3, 0.4) is 0 Å². The lowest BCUT2D eigenvalue weighted by atomic mass is 10.2. The van der Waals surface area contributed by atoms with Crippen molar-refractivity contribution in [2.75, 3.05) is 13.1 Å². The molecule has 0 saturated carbocycles. The van der Waals surface area contributed by atoms with Crippen LogP contribution in [0.25, 0.3) is 0 Å². The van der Waals surface area contributed by atoms with Gasteiger partial charge in [-0.2, -0.15) is 0 Å². The SMILES string of the molecule is C=CC(=O)OC(C)CCCNCCCC(C)OC(=O)C=C.O=P(O)(O)O. The van der Waals surface area contributed by atoms with E-state index in [0.717, 1.165) is 38.8 Å². The fourth-order valence-electron chi connectivity index (χ4n) is 1.76. The quantitative estimate of drug-likeness (QED) is 0.167. The number of carbonyl (C=O) groups is 2. The highest BCUT2D eigenvalue weighted by atomic mass is 31.2. The highest BCUT2D eigenvalue weighted by molar-refractivity contribution is 7.45. The van der Waals surface area contributed by atoms with Crippen LogP contribution >= 0.6 is 7.82 Å². The van der Waals surface area contributed by atoms with Crippen molar-refractivity contribution in [2.24, 2.45) is 0 Å². The van der Waals surface area contributed by atoms with Gasteiger partial charge in [0, 0.05) is 12.2 Å². The smallest absolute Gasteiger partial charge is 0.460 e. The fourth-order valence-corrected chi connectivity index (χ4v) is 1.76. The second kappa shape index (κ2) is 15.7. The van der Waals surface area contributed by atoms with Crippen LogP contribution < -0.4 is 5.32 Å². The highest BCUT2D eigenvalue weighted by Crippen LogP contribution is 2.25. The van der Waals surface area contributed by atoms with Gasteiger partial charge in [0.1, 0.15) is 0 Å². The van der Waals surface area contributed by atoms with Crippen LogP contribution in [0.5, 0.6) is 0 Å². The lowest BCUT2D eigenvalue weighted by Crippen LogP contribution is -2.21. The molecule has 4 N–H and O–H groups in total. The van der Waals surface area contributed by atoms with E-state index in [1.54, 1.807) is 0 Å². The fraction of sp³-hybridized carbons (Fsp3) is 0.625. The molecule has 0 amide bonds. The van der Waals surface area contributed by atoms with E-state index < -0.39 is 7.82 Å².